The molecule has 0 aliphatic rings. The molecule has 2 heterocycles. The van der Waals surface area contributed by atoms with Crippen LogP contribution in [0.5, 0.6) is 11.5 Å². The van der Waals surface area contributed by atoms with Crippen molar-refractivity contribution >= 4 is 5.65 Å². The first-order chi connectivity index (χ1) is 9.31. The molecule has 20 heavy (non-hydrogen) atoms. The Morgan fingerprint density at radius 3 is 2.55 bits per heavy atom. The van der Waals surface area contributed by atoms with Gasteiger partial charge in [-0.2, -0.15) is 0 Å². The van der Waals surface area contributed by atoms with Crippen LogP contribution in [0.25, 0.3) is 16.9 Å². The minimum atomic E-state index is 0. The molecule has 104 valence electrons. The van der Waals surface area contributed by atoms with Crippen molar-refractivity contribution in [3.63, 3.8) is 0 Å². The molecule has 0 saturated heterocycles. The standard InChI is InChI=1S/C15H14N2O2.BrH/c1-18-13-7-6-11(9-14(13)19-2)12-10-17-8-4-3-5-15(17)16-12;/h3-10H,1-2H3;1H. The molecule has 2 aromatic heterocycles. The Morgan fingerprint density at radius 2 is 1.85 bits per heavy atom. The molecule has 1 aromatic carbocycles. The molecule has 0 aliphatic carbocycles. The van der Waals surface area contributed by atoms with Crippen LogP contribution in [-0.4, -0.2) is 23.6 Å². The molecule has 0 unspecified atom stereocenters. The van der Waals surface area contributed by atoms with Gasteiger partial charge >= 0.3 is 1.43 Å². The average molecular weight is 335 g/mol. The third kappa shape index (κ3) is 2.49. The van der Waals surface area contributed by atoms with E-state index in [0.717, 1.165) is 22.7 Å². The largest absolute Gasteiger partial charge is 1.00 e. The Kier molecular flexibility index (Phi) is 4.29. The maximum Gasteiger partial charge on any atom is 1.00 e. The molecule has 0 atom stereocenters. The molecular formula is C15H15BrN2O2. The Hall–Kier alpha value is -2.01. The highest BCUT2D eigenvalue weighted by Crippen LogP contribution is 2.31. The van der Waals surface area contributed by atoms with Crippen LogP contribution in [0.3, 0.4) is 0 Å². The van der Waals surface area contributed by atoms with Crippen LogP contribution in [0.15, 0.2) is 48.8 Å². The van der Waals surface area contributed by atoms with Gasteiger partial charge in [0.25, 0.3) is 0 Å². The zero-order valence-electron chi connectivity index (χ0n) is 12.2. The number of aromatic nitrogens is 2. The first kappa shape index (κ1) is 14.4. The number of ether oxygens (including phenoxy) is 2. The lowest BCUT2D eigenvalue weighted by molar-refractivity contribution is -0.00000441. The van der Waals surface area contributed by atoms with E-state index in [9.17, 15) is 0 Å². The lowest BCUT2D eigenvalue weighted by Gasteiger charge is -2.08. The zero-order chi connectivity index (χ0) is 13.2. The van der Waals surface area contributed by atoms with Gasteiger partial charge in [0.15, 0.2) is 11.5 Å². The summed E-state index contributed by atoms with van der Waals surface area (Å²) in [5.74, 6) is 1.42. The molecule has 0 aliphatic heterocycles. The van der Waals surface area contributed by atoms with Gasteiger partial charge in [-0.1, -0.05) is 6.07 Å². The van der Waals surface area contributed by atoms with E-state index in [4.69, 9.17) is 9.47 Å². The maximum atomic E-state index is 5.31. The second kappa shape index (κ2) is 5.96. The Morgan fingerprint density at radius 1 is 1.05 bits per heavy atom. The van der Waals surface area contributed by atoms with E-state index in [-0.39, 0.29) is 18.4 Å². The molecule has 5 heteroatoms. The number of pyridine rings is 1. The van der Waals surface area contributed by atoms with E-state index in [1.807, 2.05) is 53.2 Å². The highest BCUT2D eigenvalue weighted by molar-refractivity contribution is 5.66. The van der Waals surface area contributed by atoms with Gasteiger partial charge in [0.2, 0.25) is 0 Å². The number of hydrogen-bond donors (Lipinski definition) is 0. The average Bonchev–Trinajstić information content (AvgIpc) is 2.90. The second-order valence-corrected chi connectivity index (χ2v) is 4.16. The van der Waals surface area contributed by atoms with E-state index < -0.39 is 0 Å². The first-order valence-corrected chi connectivity index (χ1v) is 5.98. The van der Waals surface area contributed by atoms with Crippen molar-refractivity contribution in [3.8, 4) is 22.8 Å². The Labute approximate surface area is 129 Å². The number of nitrogens with zero attached hydrogens (tertiary/aromatic N) is 2. The highest BCUT2D eigenvalue weighted by Gasteiger charge is 2.08. The minimum absolute atomic E-state index is 0. The van der Waals surface area contributed by atoms with Gasteiger partial charge in [0.1, 0.15) is 5.65 Å². The number of imidazole rings is 1. The molecule has 0 amide bonds. The Balaban J connectivity index is 0.00000110. The fourth-order valence-electron chi connectivity index (χ4n) is 2.07. The summed E-state index contributed by atoms with van der Waals surface area (Å²) in [7, 11) is 3.26. The van der Waals surface area contributed by atoms with Crippen LogP contribution < -0.4 is 26.5 Å². The normalized spacial score (nSPS) is 10.1. The van der Waals surface area contributed by atoms with Crippen molar-refractivity contribution in [1.82, 2.24) is 9.38 Å². The van der Waals surface area contributed by atoms with E-state index in [2.05, 4.69) is 4.98 Å². The van der Waals surface area contributed by atoms with Gasteiger partial charge in [-0.3, -0.25) is 0 Å². The van der Waals surface area contributed by atoms with E-state index in [1.165, 1.54) is 0 Å². The lowest BCUT2D eigenvalue weighted by atomic mass is 10.1. The number of rotatable bonds is 3. The molecule has 3 rings (SSSR count). The molecule has 0 N–H and O–H groups in total. The summed E-state index contributed by atoms with van der Waals surface area (Å²) in [6.45, 7) is 0. The van der Waals surface area contributed by atoms with Crippen molar-refractivity contribution in [2.45, 2.75) is 0 Å². The number of fused-ring (bicyclic) bond motifs is 1. The predicted octanol–water partition coefficient (Wildman–Crippen LogP) is 0.135. The summed E-state index contributed by atoms with van der Waals surface area (Å²) in [6, 6.07) is 11.7. The molecule has 0 spiro atoms. The third-order valence-corrected chi connectivity index (χ3v) is 3.04. The lowest BCUT2D eigenvalue weighted by Crippen LogP contribution is -3.00. The molecule has 0 fully saturated rings. The molecular weight excluding hydrogens is 320 g/mol. The topological polar surface area (TPSA) is 35.8 Å². The van der Waals surface area contributed by atoms with Gasteiger partial charge in [-0.15, -0.1) is 0 Å². The van der Waals surface area contributed by atoms with Crippen LogP contribution >= 0.6 is 0 Å². The summed E-state index contributed by atoms with van der Waals surface area (Å²) in [6.07, 6.45) is 3.98. The summed E-state index contributed by atoms with van der Waals surface area (Å²) < 4.78 is 12.5. The van der Waals surface area contributed by atoms with E-state index >= 15 is 0 Å². The highest BCUT2D eigenvalue weighted by atomic mass is 79.9. The second-order valence-electron chi connectivity index (χ2n) is 4.16. The SMILES string of the molecule is COc1ccc(-c2cn3ccccc3n2)cc1OC.[Br-].[H+]. The van der Waals surface area contributed by atoms with Crippen molar-refractivity contribution in [3.05, 3.63) is 48.8 Å². The zero-order valence-corrected chi connectivity index (χ0v) is 12.8. The van der Waals surface area contributed by atoms with E-state index in [0.29, 0.717) is 5.75 Å². The fraction of sp³-hybridized carbons (Fsp3) is 0.133. The van der Waals surface area contributed by atoms with Gasteiger partial charge in [-0.05, 0) is 30.3 Å². The minimum Gasteiger partial charge on any atom is -1.00 e. The first-order valence-electron chi connectivity index (χ1n) is 5.98. The molecule has 0 radical (unpaired) electrons. The van der Waals surface area contributed by atoms with Crippen LogP contribution in [0.4, 0.5) is 0 Å². The molecule has 0 bridgehead atoms. The smallest absolute Gasteiger partial charge is 1.00 e. The third-order valence-electron chi connectivity index (χ3n) is 3.04. The van der Waals surface area contributed by atoms with Crippen molar-refractivity contribution in [2.75, 3.05) is 14.2 Å². The number of hydrogen-bond acceptors (Lipinski definition) is 3. The van der Waals surface area contributed by atoms with Gasteiger partial charge in [-0.25, -0.2) is 4.98 Å². The van der Waals surface area contributed by atoms with Crippen LogP contribution in [-0.2, 0) is 0 Å². The van der Waals surface area contributed by atoms with Crippen molar-refractivity contribution in [2.24, 2.45) is 0 Å². The number of halogens is 1. The summed E-state index contributed by atoms with van der Waals surface area (Å²) in [5.41, 5.74) is 2.83. The van der Waals surface area contributed by atoms with Crippen molar-refractivity contribution in [1.29, 1.82) is 0 Å². The predicted molar refractivity (Wildman–Crippen MR) is 74.8 cm³/mol. The van der Waals surface area contributed by atoms with Crippen LogP contribution in [0, 0.1) is 0 Å². The number of methoxy groups -OCH3 is 2. The van der Waals surface area contributed by atoms with Crippen LogP contribution in [0.2, 0.25) is 0 Å². The molecule has 4 nitrogen and oxygen atoms in total. The molecule has 0 saturated carbocycles. The van der Waals surface area contributed by atoms with Gasteiger partial charge in [0, 0.05) is 18.0 Å². The summed E-state index contributed by atoms with van der Waals surface area (Å²) in [5, 5.41) is 0. The summed E-state index contributed by atoms with van der Waals surface area (Å²) >= 11 is 0. The van der Waals surface area contributed by atoms with Crippen molar-refractivity contribution < 1.29 is 27.9 Å². The monoisotopic (exact) mass is 334 g/mol. The van der Waals surface area contributed by atoms with E-state index in [1.54, 1.807) is 14.2 Å². The molecule has 3 aromatic rings. The Bertz CT molecular complexity index is 698. The maximum absolute atomic E-state index is 5.31. The summed E-state index contributed by atoms with van der Waals surface area (Å²) in [4.78, 5) is 4.58. The fourth-order valence-corrected chi connectivity index (χ4v) is 2.07. The van der Waals surface area contributed by atoms with Gasteiger partial charge < -0.3 is 30.9 Å². The number of benzene rings is 1. The van der Waals surface area contributed by atoms with Gasteiger partial charge in [0.05, 0.1) is 19.9 Å². The van der Waals surface area contributed by atoms with Crippen LogP contribution in [0.1, 0.15) is 1.43 Å². The quantitative estimate of drug-likeness (QED) is 0.683.